The molecule has 0 unspecified atom stereocenters. The topological polar surface area (TPSA) is 373 Å². The van der Waals surface area contributed by atoms with Gasteiger partial charge in [-0.3, -0.25) is 33.2 Å². The van der Waals surface area contributed by atoms with Crippen molar-refractivity contribution in [3.05, 3.63) is 118 Å². The number of nitrogens with one attached hydrogen (secondary N) is 2. The Morgan fingerprint density at radius 2 is 1.12 bits per heavy atom. The number of carbonyl (C=O) groups is 2. The lowest BCUT2D eigenvalue weighted by Gasteiger charge is -2.20. The van der Waals surface area contributed by atoms with Gasteiger partial charge in [0.2, 0.25) is 11.7 Å². The highest BCUT2D eigenvalue weighted by molar-refractivity contribution is 7.91. The van der Waals surface area contributed by atoms with Crippen molar-refractivity contribution in [1.82, 2.24) is 0 Å². The molecule has 0 bridgehead atoms. The molecule has 0 fully saturated rings. The fourth-order valence-electron chi connectivity index (χ4n) is 5.99. The molecule has 0 aromatic heterocycles. The number of nitrogen functional groups attached to an aromatic ring is 1. The molecule has 0 heterocycles. The second-order valence-corrected chi connectivity index (χ2v) is 19.1. The third-order valence-corrected chi connectivity index (χ3v) is 12.5. The molecular formula is C39H32N8O15S4. The minimum absolute atomic E-state index is 0.0121. The van der Waals surface area contributed by atoms with Gasteiger partial charge in [-0.2, -0.15) is 54.1 Å². The van der Waals surface area contributed by atoms with Gasteiger partial charge >= 0.3 is 0 Å². The van der Waals surface area contributed by atoms with Crippen molar-refractivity contribution in [2.45, 2.75) is 21.6 Å². The first-order chi connectivity index (χ1) is 30.8. The fourth-order valence-corrected chi connectivity index (χ4v) is 8.73. The first-order valence-corrected chi connectivity index (χ1v) is 23.9. The van der Waals surface area contributed by atoms with E-state index < -0.39 is 99.7 Å². The number of rotatable bonds is 14. The molecule has 0 atom stereocenters. The van der Waals surface area contributed by atoms with E-state index in [-0.39, 0.29) is 28.4 Å². The highest BCUT2D eigenvalue weighted by Crippen LogP contribution is 2.41. The number of carbonyl (C=O) groups excluding carboxylic acids is 2. The van der Waals surface area contributed by atoms with E-state index in [0.717, 1.165) is 36.4 Å². The van der Waals surface area contributed by atoms with Gasteiger partial charge in [-0.05, 0) is 102 Å². The molecule has 0 aliphatic heterocycles. The predicted octanol–water partition coefficient (Wildman–Crippen LogP) is 6.87. The summed E-state index contributed by atoms with van der Waals surface area (Å²) in [5.41, 5.74) is 5.06. The van der Waals surface area contributed by atoms with Crippen LogP contribution < -0.4 is 21.2 Å². The number of anilines is 3. The van der Waals surface area contributed by atoms with Crippen molar-refractivity contribution in [3.8, 4) is 5.75 Å². The van der Waals surface area contributed by atoms with Gasteiger partial charge < -0.3 is 15.8 Å². The Labute approximate surface area is 375 Å². The van der Waals surface area contributed by atoms with Crippen LogP contribution in [0.5, 0.6) is 5.75 Å². The van der Waals surface area contributed by atoms with Gasteiger partial charge in [0.15, 0.2) is 5.71 Å². The van der Waals surface area contributed by atoms with Crippen molar-refractivity contribution in [2.75, 3.05) is 23.6 Å². The van der Waals surface area contributed by atoms with E-state index in [9.17, 15) is 61.5 Å². The van der Waals surface area contributed by atoms with Gasteiger partial charge in [-0.15, -0.1) is 5.11 Å². The van der Waals surface area contributed by atoms with Crippen LogP contribution in [0.1, 0.15) is 34.0 Å². The van der Waals surface area contributed by atoms with Crippen LogP contribution in [0.3, 0.4) is 0 Å². The lowest BCUT2D eigenvalue weighted by Crippen LogP contribution is -2.28. The van der Waals surface area contributed by atoms with Gasteiger partial charge in [-0.1, -0.05) is 24.3 Å². The zero-order valence-corrected chi connectivity index (χ0v) is 36.9. The van der Waals surface area contributed by atoms with Crippen molar-refractivity contribution in [3.63, 3.8) is 0 Å². The molecule has 27 heteroatoms. The van der Waals surface area contributed by atoms with Crippen LogP contribution in [-0.4, -0.2) is 76.4 Å². The minimum Gasteiger partial charge on any atom is -0.497 e. The van der Waals surface area contributed by atoms with Crippen LogP contribution in [0.2, 0.25) is 0 Å². The summed E-state index contributed by atoms with van der Waals surface area (Å²) in [6.45, 7) is 1.28. The number of Topliss-reactive ketones (excluding diaryl/α,β-unsaturated/α-hetero) is 1. The first kappa shape index (κ1) is 48.1. The Bertz CT molecular complexity index is 3450. The van der Waals surface area contributed by atoms with Gasteiger partial charge in [0.05, 0.1) is 41.1 Å². The third-order valence-electron chi connectivity index (χ3n) is 8.96. The van der Waals surface area contributed by atoms with Crippen molar-refractivity contribution in [1.29, 1.82) is 0 Å². The van der Waals surface area contributed by atoms with E-state index >= 15 is 0 Å². The summed E-state index contributed by atoms with van der Waals surface area (Å²) in [5.74, 6) is -1.09. The number of methoxy groups -OCH3 is 1. The number of hydrazone groups is 1. The number of azo groups is 2. The molecule has 1 aliphatic carbocycles. The number of benzene rings is 5. The molecule has 5 aromatic rings. The van der Waals surface area contributed by atoms with E-state index in [1.165, 1.54) is 50.4 Å². The monoisotopic (exact) mass is 980 g/mol. The second kappa shape index (κ2) is 18.6. The molecule has 23 nitrogen and oxygen atoms in total. The zero-order chi connectivity index (χ0) is 48.4. The Morgan fingerprint density at radius 3 is 1.61 bits per heavy atom. The van der Waals surface area contributed by atoms with E-state index in [0.29, 0.717) is 29.3 Å². The Balaban J connectivity index is 1.36. The number of hydrogen-bond acceptors (Lipinski definition) is 18. The van der Waals surface area contributed by atoms with Crippen molar-refractivity contribution >= 4 is 116 Å². The molecule has 6 rings (SSSR count). The van der Waals surface area contributed by atoms with Crippen LogP contribution in [0, 0.1) is 0 Å². The number of ketones is 1. The van der Waals surface area contributed by atoms with Crippen LogP contribution in [0.25, 0.3) is 18.2 Å². The highest BCUT2D eigenvalue weighted by Gasteiger charge is 2.37. The molecule has 8 N–H and O–H groups in total. The van der Waals surface area contributed by atoms with Crippen LogP contribution in [0.15, 0.2) is 136 Å². The largest absolute Gasteiger partial charge is 0.497 e. The SMILES string of the molecule is COc1ccc(N=Nc2ccc(/C=C/c3ccc(N=Nc4c(S(=O)(=O)O)cc5c(c4N)C(=O)/C(=N/Nc4ccc(NC(C)=O)cc4)C(S(=O)(=O)O)=C5)cc3S(=O)(=O)O)c(S(=O)(=O)O)c2)cc1. The molecule has 5 aromatic carbocycles. The van der Waals surface area contributed by atoms with E-state index in [4.69, 9.17) is 10.5 Å². The molecule has 66 heavy (non-hydrogen) atoms. The molecule has 0 saturated heterocycles. The first-order valence-electron chi connectivity index (χ1n) is 18.1. The number of allylic oxidation sites excluding steroid dienone is 1. The fraction of sp³-hybridized carbons (Fsp3) is 0.0513. The predicted molar refractivity (Wildman–Crippen MR) is 239 cm³/mol. The van der Waals surface area contributed by atoms with Crippen LogP contribution in [-0.2, 0) is 45.3 Å². The number of ether oxygens (including phenoxy) is 1. The minimum atomic E-state index is -5.32. The van der Waals surface area contributed by atoms with Gasteiger partial charge in [-0.25, -0.2) is 0 Å². The average molecular weight is 981 g/mol. The number of amides is 1. The van der Waals surface area contributed by atoms with E-state index in [2.05, 4.69) is 36.3 Å². The maximum Gasteiger partial charge on any atom is 0.296 e. The second-order valence-electron chi connectivity index (χ2n) is 13.5. The summed E-state index contributed by atoms with van der Waals surface area (Å²) < 4.78 is 145. The molecule has 0 radical (unpaired) electrons. The van der Waals surface area contributed by atoms with Gasteiger partial charge in [0.25, 0.3) is 40.5 Å². The Kier molecular flexibility index (Phi) is 13.6. The van der Waals surface area contributed by atoms with Crippen molar-refractivity contribution in [2.24, 2.45) is 25.6 Å². The number of hydrogen-bond donors (Lipinski definition) is 7. The summed E-state index contributed by atoms with van der Waals surface area (Å²) in [7, 11) is -19.1. The van der Waals surface area contributed by atoms with Crippen LogP contribution in [0.4, 0.5) is 39.8 Å². The van der Waals surface area contributed by atoms with Gasteiger partial charge in [0.1, 0.15) is 31.0 Å². The maximum absolute atomic E-state index is 13.9. The molecule has 0 spiro atoms. The van der Waals surface area contributed by atoms with E-state index in [1.807, 2.05) is 0 Å². The van der Waals surface area contributed by atoms with Crippen molar-refractivity contribution < 1.29 is 66.2 Å². The number of fused-ring (bicyclic) bond motifs is 1. The average Bonchev–Trinajstić information content (AvgIpc) is 3.23. The normalized spacial score (nSPS) is 14.2. The molecular weight excluding hydrogens is 949 g/mol. The highest BCUT2D eigenvalue weighted by atomic mass is 32.2. The standard InChI is InChI=1S/C39H32N8O15S4/c1-21(48)41-25-9-11-26(12-10-25)43-47-38-34(66(59,60)61)18-24-17-33(65(56,57)58)37(36(40)35(24)39(38)49)46-45-29-8-6-23(32(20-29)64(53,54)55)4-3-22-5-7-28(19-31(22)63(50,51)52)44-42-27-13-15-30(62-2)16-14-27/h3-20,43H,40H2,1-2H3,(H,41,48)(H,50,51,52)(H,53,54,55)(H,56,57,58)(H,59,60,61)/b4-3+,44-42?,46-45?,47-38+. The number of nitrogens with zero attached hydrogens (tertiary/aromatic N) is 5. The smallest absolute Gasteiger partial charge is 0.296 e. The third kappa shape index (κ3) is 11.3. The van der Waals surface area contributed by atoms with Crippen LogP contribution >= 0.6 is 0 Å². The van der Waals surface area contributed by atoms with E-state index in [1.54, 1.807) is 24.3 Å². The summed E-state index contributed by atoms with van der Waals surface area (Å²) in [6.07, 6.45) is 2.82. The lowest BCUT2D eigenvalue weighted by molar-refractivity contribution is -0.114. The Hall–Kier alpha value is -7.37. The molecule has 342 valence electrons. The lowest BCUT2D eigenvalue weighted by atomic mass is 9.92. The Morgan fingerprint density at radius 1 is 0.636 bits per heavy atom. The summed E-state index contributed by atoms with van der Waals surface area (Å²) in [5, 5.41) is 21.9. The number of nitrogens with two attached hydrogens (primary N) is 1. The summed E-state index contributed by atoms with van der Waals surface area (Å²) >= 11 is 0. The summed E-state index contributed by atoms with van der Waals surface area (Å²) in [4.78, 5) is 21.5. The molecule has 1 aliphatic rings. The molecule has 1 amide bonds. The summed E-state index contributed by atoms with van der Waals surface area (Å²) in [6, 6.07) is 19.2. The zero-order valence-electron chi connectivity index (χ0n) is 33.6. The van der Waals surface area contributed by atoms with Gasteiger partial charge in [0, 0.05) is 12.6 Å². The maximum atomic E-state index is 13.9. The molecule has 0 saturated carbocycles. The quantitative estimate of drug-likeness (QED) is 0.0196.